The highest BCUT2D eigenvalue weighted by molar-refractivity contribution is 5.83. The zero-order valence-electron chi connectivity index (χ0n) is 9.73. The molecule has 0 rings (SSSR count). The number of carboxylic acids is 2. The molecule has 0 aliphatic carbocycles. The van der Waals surface area contributed by atoms with Crippen LogP contribution in [-0.4, -0.2) is 47.7 Å². The van der Waals surface area contributed by atoms with Crippen molar-refractivity contribution in [3.05, 3.63) is 0 Å². The minimum absolute atomic E-state index is 0.109. The average Bonchev–Trinajstić information content (AvgIpc) is 2.23. The minimum Gasteiger partial charge on any atom is -0.481 e. The van der Waals surface area contributed by atoms with E-state index >= 15 is 0 Å². The van der Waals surface area contributed by atoms with Crippen molar-refractivity contribution in [3.63, 3.8) is 0 Å². The molecule has 0 radical (unpaired) electrons. The van der Waals surface area contributed by atoms with Gasteiger partial charge in [0.25, 0.3) is 0 Å². The second-order valence-corrected chi connectivity index (χ2v) is 3.60. The van der Waals surface area contributed by atoms with Crippen molar-refractivity contribution in [2.75, 3.05) is 13.6 Å². The van der Waals surface area contributed by atoms with E-state index in [1.807, 2.05) is 0 Å². The van der Waals surface area contributed by atoms with E-state index in [-0.39, 0.29) is 25.2 Å². The maximum absolute atomic E-state index is 11.3. The molecular weight excluding hydrogens is 228 g/mol. The summed E-state index contributed by atoms with van der Waals surface area (Å²) in [7, 11) is 1.75. The van der Waals surface area contributed by atoms with Gasteiger partial charge in [0.15, 0.2) is 0 Å². The highest BCUT2D eigenvalue weighted by Gasteiger charge is 2.20. The lowest BCUT2D eigenvalue weighted by atomic mass is 10.1. The summed E-state index contributed by atoms with van der Waals surface area (Å²) in [5.74, 6) is -2.67. The van der Waals surface area contributed by atoms with Crippen molar-refractivity contribution in [1.82, 2.24) is 10.6 Å². The van der Waals surface area contributed by atoms with Crippen LogP contribution in [0, 0.1) is 0 Å². The first kappa shape index (κ1) is 15.4. The highest BCUT2D eigenvalue weighted by atomic mass is 16.4. The Morgan fingerprint density at radius 2 is 1.82 bits per heavy atom. The average molecular weight is 246 g/mol. The number of carbonyl (C=O) groups excluding carboxylic acids is 1. The molecule has 1 atom stereocenters. The predicted molar refractivity (Wildman–Crippen MR) is 59.6 cm³/mol. The third-order valence-corrected chi connectivity index (χ3v) is 2.11. The molecule has 0 unspecified atom stereocenters. The lowest BCUT2D eigenvalue weighted by molar-refractivity contribution is -0.143. The van der Waals surface area contributed by atoms with Crippen LogP contribution in [0.25, 0.3) is 0 Å². The van der Waals surface area contributed by atoms with Crippen LogP contribution >= 0.6 is 0 Å². The topological polar surface area (TPSA) is 116 Å². The third-order valence-electron chi connectivity index (χ3n) is 2.11. The maximum Gasteiger partial charge on any atom is 0.326 e. The van der Waals surface area contributed by atoms with Crippen molar-refractivity contribution in [3.8, 4) is 0 Å². The van der Waals surface area contributed by atoms with Gasteiger partial charge in [-0.05, 0) is 26.4 Å². The largest absolute Gasteiger partial charge is 0.481 e. The van der Waals surface area contributed by atoms with Crippen molar-refractivity contribution < 1.29 is 24.6 Å². The van der Waals surface area contributed by atoms with Gasteiger partial charge in [-0.15, -0.1) is 0 Å². The monoisotopic (exact) mass is 246 g/mol. The number of carbonyl (C=O) groups is 3. The van der Waals surface area contributed by atoms with Crippen LogP contribution < -0.4 is 10.6 Å². The fraction of sp³-hybridized carbons (Fsp3) is 0.700. The van der Waals surface area contributed by atoms with Crippen LogP contribution in [0.15, 0.2) is 0 Å². The van der Waals surface area contributed by atoms with Gasteiger partial charge in [-0.2, -0.15) is 0 Å². The minimum atomic E-state index is -1.21. The van der Waals surface area contributed by atoms with E-state index in [1.165, 1.54) is 0 Å². The number of aliphatic carboxylic acids is 2. The number of carboxylic acid groups (broad SMARTS) is 2. The van der Waals surface area contributed by atoms with Crippen molar-refractivity contribution in [2.24, 2.45) is 0 Å². The van der Waals surface area contributed by atoms with Crippen LogP contribution in [0.3, 0.4) is 0 Å². The molecule has 1 amide bonds. The van der Waals surface area contributed by atoms with Gasteiger partial charge in [-0.25, -0.2) is 4.79 Å². The first-order valence-corrected chi connectivity index (χ1v) is 5.36. The maximum atomic E-state index is 11.3. The highest BCUT2D eigenvalue weighted by Crippen LogP contribution is 1.99. The van der Waals surface area contributed by atoms with Gasteiger partial charge < -0.3 is 20.8 Å². The number of nitrogens with one attached hydrogen (secondary N) is 2. The summed E-state index contributed by atoms with van der Waals surface area (Å²) >= 11 is 0. The number of rotatable bonds is 9. The molecule has 0 spiro atoms. The summed E-state index contributed by atoms with van der Waals surface area (Å²) in [6, 6.07) is -1.13. The molecule has 7 nitrogen and oxygen atoms in total. The van der Waals surface area contributed by atoms with Gasteiger partial charge in [-0.3, -0.25) is 9.59 Å². The zero-order chi connectivity index (χ0) is 13.3. The second kappa shape index (κ2) is 8.51. The smallest absolute Gasteiger partial charge is 0.326 e. The summed E-state index contributed by atoms with van der Waals surface area (Å²) in [6.45, 7) is 0.667. The van der Waals surface area contributed by atoms with E-state index < -0.39 is 18.0 Å². The number of hydrogen-bond donors (Lipinski definition) is 4. The summed E-state index contributed by atoms with van der Waals surface area (Å²) in [5, 5.41) is 22.4. The molecule has 0 aromatic carbocycles. The molecule has 0 heterocycles. The number of amides is 1. The molecule has 0 aliphatic rings. The third kappa shape index (κ3) is 8.21. The predicted octanol–water partition coefficient (Wildman–Crippen LogP) is -0.580. The fourth-order valence-corrected chi connectivity index (χ4v) is 1.22. The first-order valence-electron chi connectivity index (χ1n) is 5.36. The Bertz CT molecular complexity index is 280. The van der Waals surface area contributed by atoms with Gasteiger partial charge >= 0.3 is 11.9 Å². The zero-order valence-corrected chi connectivity index (χ0v) is 9.73. The van der Waals surface area contributed by atoms with Crippen molar-refractivity contribution in [2.45, 2.75) is 31.7 Å². The van der Waals surface area contributed by atoms with Gasteiger partial charge in [0.2, 0.25) is 5.91 Å². The Morgan fingerprint density at radius 1 is 1.18 bits per heavy atom. The quantitative estimate of drug-likeness (QED) is 0.404. The standard InChI is InChI=1S/C10H18N2O5/c1-11-6-2-3-8(13)12-7(10(16)17)4-5-9(14)15/h7,11H,2-6H2,1H3,(H,12,13)(H,14,15)(H,16,17)/t7-/m0/s1. The van der Waals surface area contributed by atoms with E-state index in [9.17, 15) is 14.4 Å². The summed E-state index contributed by atoms with van der Waals surface area (Å²) < 4.78 is 0. The molecule has 0 bridgehead atoms. The van der Waals surface area contributed by atoms with Crippen LogP contribution in [0.4, 0.5) is 0 Å². The van der Waals surface area contributed by atoms with E-state index in [4.69, 9.17) is 10.2 Å². The Labute approximate surface area is 99.2 Å². The molecule has 0 fully saturated rings. The lowest BCUT2D eigenvalue weighted by Gasteiger charge is -2.13. The summed E-state index contributed by atoms with van der Waals surface area (Å²) in [4.78, 5) is 32.4. The SMILES string of the molecule is CNCCCC(=O)N[C@@H](CCC(=O)O)C(=O)O. The lowest BCUT2D eigenvalue weighted by Crippen LogP contribution is -2.41. The van der Waals surface area contributed by atoms with E-state index in [0.29, 0.717) is 13.0 Å². The molecule has 0 saturated carbocycles. The van der Waals surface area contributed by atoms with Crippen LogP contribution in [0.5, 0.6) is 0 Å². The van der Waals surface area contributed by atoms with E-state index in [2.05, 4.69) is 10.6 Å². The molecule has 4 N–H and O–H groups in total. The normalized spacial score (nSPS) is 11.8. The van der Waals surface area contributed by atoms with Gasteiger partial charge in [0.1, 0.15) is 6.04 Å². The Morgan fingerprint density at radius 3 is 2.29 bits per heavy atom. The van der Waals surface area contributed by atoms with Gasteiger partial charge in [0.05, 0.1) is 0 Å². The molecule has 0 aliphatic heterocycles. The molecule has 17 heavy (non-hydrogen) atoms. The van der Waals surface area contributed by atoms with Crippen LogP contribution in [0.2, 0.25) is 0 Å². The molecular formula is C10H18N2O5. The summed E-state index contributed by atoms with van der Waals surface area (Å²) in [5.41, 5.74) is 0. The molecule has 7 heteroatoms. The molecule has 0 aromatic rings. The van der Waals surface area contributed by atoms with Gasteiger partial charge in [0, 0.05) is 12.8 Å². The molecule has 0 saturated heterocycles. The first-order chi connectivity index (χ1) is 7.97. The second-order valence-electron chi connectivity index (χ2n) is 3.60. The molecule has 0 aromatic heterocycles. The van der Waals surface area contributed by atoms with E-state index in [0.717, 1.165) is 0 Å². The van der Waals surface area contributed by atoms with Gasteiger partial charge in [-0.1, -0.05) is 0 Å². The Hall–Kier alpha value is -1.63. The van der Waals surface area contributed by atoms with E-state index in [1.54, 1.807) is 7.05 Å². The molecule has 98 valence electrons. The summed E-state index contributed by atoms with van der Waals surface area (Å²) in [6.07, 6.45) is 0.432. The number of hydrogen-bond acceptors (Lipinski definition) is 4. The van der Waals surface area contributed by atoms with Crippen molar-refractivity contribution in [1.29, 1.82) is 0 Å². The van der Waals surface area contributed by atoms with Crippen molar-refractivity contribution >= 4 is 17.8 Å². The van der Waals surface area contributed by atoms with Crippen LogP contribution in [0.1, 0.15) is 25.7 Å². The Kier molecular flexibility index (Phi) is 7.70. The Balaban J connectivity index is 4.02. The van der Waals surface area contributed by atoms with Crippen LogP contribution in [-0.2, 0) is 14.4 Å². The fourth-order valence-electron chi connectivity index (χ4n) is 1.22.